The number of benzene rings is 1. The van der Waals surface area contributed by atoms with E-state index in [4.69, 9.17) is 10.7 Å². The van der Waals surface area contributed by atoms with Gasteiger partial charge in [0.05, 0.1) is 16.7 Å². The van der Waals surface area contributed by atoms with Crippen molar-refractivity contribution in [2.24, 2.45) is 5.73 Å². The summed E-state index contributed by atoms with van der Waals surface area (Å²) in [6.07, 6.45) is 3.34. The summed E-state index contributed by atoms with van der Waals surface area (Å²) in [5.41, 5.74) is 10.1. The van der Waals surface area contributed by atoms with Crippen LogP contribution in [0.3, 0.4) is 0 Å². The second-order valence-electron chi connectivity index (χ2n) is 5.47. The molecule has 0 bridgehead atoms. The molecule has 0 aliphatic heterocycles. The Morgan fingerprint density at radius 2 is 2.24 bits per heavy atom. The van der Waals surface area contributed by atoms with Crippen molar-refractivity contribution in [3.8, 4) is 10.7 Å². The van der Waals surface area contributed by atoms with Crippen LogP contribution in [0.25, 0.3) is 21.7 Å². The molecule has 0 spiro atoms. The largest absolute Gasteiger partial charge is 0.326 e. The van der Waals surface area contributed by atoms with Crippen molar-refractivity contribution in [2.75, 3.05) is 0 Å². The zero-order valence-corrected chi connectivity index (χ0v) is 12.7. The second-order valence-corrected chi connectivity index (χ2v) is 6.22. The fraction of sp³-hybridized carbons (Fsp3) is 0.400. The lowest BCUT2D eigenvalue weighted by atomic mass is 10.2. The summed E-state index contributed by atoms with van der Waals surface area (Å²) in [6, 6.07) is 6.91. The summed E-state index contributed by atoms with van der Waals surface area (Å²) in [6.45, 7) is 2.65. The molecule has 108 valence electrons. The van der Waals surface area contributed by atoms with Crippen molar-refractivity contribution in [2.45, 2.75) is 38.8 Å². The van der Waals surface area contributed by atoms with E-state index in [9.17, 15) is 0 Å². The highest BCUT2D eigenvalue weighted by Gasteiger charge is 2.30. The lowest BCUT2D eigenvalue weighted by Gasteiger charge is -2.06. The maximum absolute atomic E-state index is 5.75. The van der Waals surface area contributed by atoms with Crippen LogP contribution in [0.15, 0.2) is 18.2 Å². The van der Waals surface area contributed by atoms with Gasteiger partial charge in [-0.1, -0.05) is 17.5 Å². The van der Waals surface area contributed by atoms with Gasteiger partial charge in [0.2, 0.25) is 0 Å². The van der Waals surface area contributed by atoms with Crippen molar-refractivity contribution in [3.63, 3.8) is 0 Å². The normalized spacial score (nSPS) is 15.0. The first kappa shape index (κ1) is 12.9. The molecule has 0 saturated heterocycles. The monoisotopic (exact) mass is 299 g/mol. The van der Waals surface area contributed by atoms with E-state index in [0.29, 0.717) is 12.6 Å². The van der Waals surface area contributed by atoms with E-state index < -0.39 is 0 Å². The lowest BCUT2D eigenvalue weighted by Crippen LogP contribution is -1.98. The zero-order valence-electron chi connectivity index (χ0n) is 11.9. The molecule has 1 saturated carbocycles. The molecular weight excluding hydrogens is 282 g/mol. The molecular formula is C15H17N5S. The number of hydrogen-bond acceptors (Lipinski definition) is 5. The molecule has 1 aliphatic rings. The molecule has 5 nitrogen and oxygen atoms in total. The van der Waals surface area contributed by atoms with Gasteiger partial charge in [-0.3, -0.25) is 0 Å². The quantitative estimate of drug-likeness (QED) is 0.804. The van der Waals surface area contributed by atoms with Crippen LogP contribution in [-0.2, 0) is 13.0 Å². The summed E-state index contributed by atoms with van der Waals surface area (Å²) >= 11 is 1.44. The molecule has 4 rings (SSSR count). The Kier molecular flexibility index (Phi) is 3.01. The topological polar surface area (TPSA) is 69.6 Å². The molecule has 1 aromatic carbocycles. The molecule has 0 unspecified atom stereocenters. The third kappa shape index (κ3) is 2.06. The van der Waals surface area contributed by atoms with E-state index in [1.807, 2.05) is 0 Å². The first-order valence-electron chi connectivity index (χ1n) is 7.34. The van der Waals surface area contributed by atoms with Gasteiger partial charge in [-0.15, -0.1) is 5.10 Å². The highest BCUT2D eigenvalue weighted by atomic mass is 32.1. The molecule has 3 aromatic rings. The highest BCUT2D eigenvalue weighted by Crippen LogP contribution is 2.42. The fourth-order valence-electron chi connectivity index (χ4n) is 2.74. The predicted octanol–water partition coefficient (Wildman–Crippen LogP) is 2.91. The molecule has 6 heteroatoms. The maximum Gasteiger partial charge on any atom is 0.155 e. The van der Waals surface area contributed by atoms with Gasteiger partial charge in [0.15, 0.2) is 5.82 Å². The average molecular weight is 299 g/mol. The molecule has 0 atom stereocenters. The smallest absolute Gasteiger partial charge is 0.155 e. The van der Waals surface area contributed by atoms with Gasteiger partial charge in [0, 0.05) is 12.6 Å². The number of hydrogen-bond donors (Lipinski definition) is 1. The average Bonchev–Trinajstić information content (AvgIpc) is 3.12. The van der Waals surface area contributed by atoms with E-state index in [2.05, 4.69) is 39.3 Å². The summed E-state index contributed by atoms with van der Waals surface area (Å²) in [5, 5.41) is 4.23. The third-order valence-electron chi connectivity index (χ3n) is 4.00. The van der Waals surface area contributed by atoms with Crippen LogP contribution in [0.1, 0.15) is 37.1 Å². The fourth-order valence-corrected chi connectivity index (χ4v) is 3.48. The van der Waals surface area contributed by atoms with E-state index >= 15 is 0 Å². The summed E-state index contributed by atoms with van der Waals surface area (Å²) < 4.78 is 6.48. The molecule has 1 aliphatic carbocycles. The lowest BCUT2D eigenvalue weighted by molar-refractivity contribution is 0.775. The van der Waals surface area contributed by atoms with Crippen molar-refractivity contribution in [1.82, 2.24) is 19.1 Å². The number of aromatic nitrogens is 4. The molecule has 21 heavy (non-hydrogen) atoms. The van der Waals surface area contributed by atoms with Crippen LogP contribution in [0.4, 0.5) is 0 Å². The molecule has 1 fully saturated rings. The minimum atomic E-state index is 0.546. The number of aryl methyl sites for hydroxylation is 1. The van der Waals surface area contributed by atoms with Gasteiger partial charge in [0.1, 0.15) is 4.88 Å². The van der Waals surface area contributed by atoms with Crippen LogP contribution in [0.5, 0.6) is 0 Å². The van der Waals surface area contributed by atoms with Crippen molar-refractivity contribution in [3.05, 3.63) is 29.5 Å². The van der Waals surface area contributed by atoms with Crippen LogP contribution in [0.2, 0.25) is 0 Å². The van der Waals surface area contributed by atoms with E-state index in [0.717, 1.165) is 33.9 Å². The zero-order chi connectivity index (χ0) is 14.4. The summed E-state index contributed by atoms with van der Waals surface area (Å²) in [4.78, 5) is 5.98. The van der Waals surface area contributed by atoms with Crippen LogP contribution >= 0.6 is 11.5 Å². The van der Waals surface area contributed by atoms with Crippen molar-refractivity contribution < 1.29 is 0 Å². The second kappa shape index (κ2) is 4.89. The number of nitrogens with zero attached hydrogens (tertiary/aromatic N) is 4. The predicted molar refractivity (Wildman–Crippen MR) is 84.2 cm³/mol. The van der Waals surface area contributed by atoms with Crippen molar-refractivity contribution >= 4 is 22.6 Å². The number of rotatable bonds is 4. The maximum atomic E-state index is 5.75. The van der Waals surface area contributed by atoms with Gasteiger partial charge in [-0.25, -0.2) is 4.98 Å². The Balaban J connectivity index is 1.97. The standard InChI is InChI=1S/C15H17N5S/c1-2-11-14(21-19-18-11)15-17-12-7-9(8-16)3-6-13(12)20(15)10-4-5-10/h3,6-7,10H,2,4-5,8,16H2,1H3. The van der Waals surface area contributed by atoms with Crippen molar-refractivity contribution in [1.29, 1.82) is 0 Å². The Labute approximate surface area is 127 Å². The van der Waals surface area contributed by atoms with Gasteiger partial charge < -0.3 is 10.3 Å². The Bertz CT molecular complexity index is 800. The molecule has 2 aromatic heterocycles. The van der Waals surface area contributed by atoms with E-state index in [1.165, 1.54) is 29.9 Å². The molecule has 2 N–H and O–H groups in total. The number of nitrogens with two attached hydrogens (primary N) is 1. The Morgan fingerprint density at radius 3 is 2.95 bits per heavy atom. The molecule has 2 heterocycles. The third-order valence-corrected chi connectivity index (χ3v) is 4.76. The van der Waals surface area contributed by atoms with Gasteiger partial charge in [0.25, 0.3) is 0 Å². The number of imidazole rings is 1. The number of fused-ring (bicyclic) bond motifs is 1. The molecule has 0 radical (unpaired) electrons. The minimum absolute atomic E-state index is 0.546. The van der Waals surface area contributed by atoms with Crippen LogP contribution in [0, 0.1) is 0 Å². The minimum Gasteiger partial charge on any atom is -0.326 e. The highest BCUT2D eigenvalue weighted by molar-refractivity contribution is 7.09. The van der Waals surface area contributed by atoms with Gasteiger partial charge >= 0.3 is 0 Å². The summed E-state index contributed by atoms with van der Waals surface area (Å²) in [5.74, 6) is 1.02. The summed E-state index contributed by atoms with van der Waals surface area (Å²) in [7, 11) is 0. The SMILES string of the molecule is CCc1nnsc1-c1nc2cc(CN)ccc2n1C1CC1. The Morgan fingerprint density at radius 1 is 1.38 bits per heavy atom. The van der Waals surface area contributed by atoms with Gasteiger partial charge in [-0.2, -0.15) is 0 Å². The first-order valence-corrected chi connectivity index (χ1v) is 8.11. The molecule has 0 amide bonds. The van der Waals surface area contributed by atoms with E-state index in [1.54, 1.807) is 0 Å². The van der Waals surface area contributed by atoms with Gasteiger partial charge in [-0.05, 0) is 48.5 Å². The van der Waals surface area contributed by atoms with E-state index in [-0.39, 0.29) is 0 Å². The van der Waals surface area contributed by atoms with Crippen LogP contribution in [-0.4, -0.2) is 19.1 Å². The first-order chi connectivity index (χ1) is 10.3. The Hall–Kier alpha value is -1.79. The van der Waals surface area contributed by atoms with Crippen LogP contribution < -0.4 is 5.73 Å².